The van der Waals surface area contributed by atoms with Crippen LogP contribution >= 0.6 is 27.5 Å². The van der Waals surface area contributed by atoms with Crippen molar-refractivity contribution in [3.05, 3.63) is 63.1 Å². The van der Waals surface area contributed by atoms with Crippen molar-refractivity contribution in [2.75, 3.05) is 18.5 Å². The van der Waals surface area contributed by atoms with E-state index in [1.54, 1.807) is 0 Å². The van der Waals surface area contributed by atoms with Gasteiger partial charge in [-0.3, -0.25) is 0 Å². The molecule has 2 N–H and O–H groups in total. The molecule has 0 aliphatic heterocycles. The van der Waals surface area contributed by atoms with E-state index in [1.165, 1.54) is 11.1 Å². The Kier molecular flexibility index (Phi) is 5.68. The number of hydrogen-bond acceptors (Lipinski definition) is 2. The fourth-order valence-corrected chi connectivity index (χ4v) is 3.09. The molecule has 0 aliphatic rings. The molecule has 2 nitrogen and oxygen atoms in total. The molecule has 4 heteroatoms. The first-order chi connectivity index (χ1) is 10.0. The second kappa shape index (κ2) is 7.30. The predicted molar refractivity (Wildman–Crippen MR) is 95.2 cm³/mol. The van der Waals surface area contributed by atoms with Gasteiger partial charge < -0.3 is 10.6 Å². The van der Waals surface area contributed by atoms with Crippen LogP contribution in [0.1, 0.15) is 24.1 Å². The van der Waals surface area contributed by atoms with Crippen molar-refractivity contribution in [2.45, 2.75) is 19.4 Å². The van der Waals surface area contributed by atoms with Gasteiger partial charge in [0, 0.05) is 22.2 Å². The van der Waals surface area contributed by atoms with Crippen molar-refractivity contribution >= 4 is 33.2 Å². The first-order valence-electron chi connectivity index (χ1n) is 6.99. The summed E-state index contributed by atoms with van der Waals surface area (Å²) in [7, 11) is 2.09. The van der Waals surface area contributed by atoms with Gasteiger partial charge in [0.1, 0.15) is 0 Å². The predicted octanol–water partition coefficient (Wildman–Crippen LogP) is 4.80. The van der Waals surface area contributed by atoms with Gasteiger partial charge in [0.25, 0.3) is 0 Å². The Hall–Kier alpha value is -1.03. The van der Waals surface area contributed by atoms with Gasteiger partial charge in [0.2, 0.25) is 0 Å². The quantitative estimate of drug-likeness (QED) is 0.822. The zero-order valence-corrected chi connectivity index (χ0v) is 14.7. The number of halogens is 2. The van der Waals surface area contributed by atoms with Crippen LogP contribution in [-0.4, -0.2) is 13.6 Å². The van der Waals surface area contributed by atoms with Crippen LogP contribution in [0.25, 0.3) is 0 Å². The smallest absolute Gasteiger partial charge is 0.0511 e. The molecule has 0 bridgehead atoms. The molecule has 0 heterocycles. The summed E-state index contributed by atoms with van der Waals surface area (Å²) in [5, 5.41) is 0.771. The molecule has 0 radical (unpaired) electrons. The molecule has 0 aliphatic carbocycles. The Labute approximate surface area is 140 Å². The highest BCUT2D eigenvalue weighted by Gasteiger charge is 2.13. The Bertz CT molecular complexity index is 615. The van der Waals surface area contributed by atoms with Crippen molar-refractivity contribution < 1.29 is 0 Å². The summed E-state index contributed by atoms with van der Waals surface area (Å²) in [5.41, 5.74) is 9.23. The van der Waals surface area contributed by atoms with Crippen LogP contribution in [-0.2, 0) is 6.42 Å². The summed E-state index contributed by atoms with van der Waals surface area (Å²) < 4.78 is 1.11. The van der Waals surface area contributed by atoms with E-state index in [9.17, 15) is 0 Å². The molecule has 1 unspecified atom stereocenters. The Morgan fingerprint density at radius 2 is 2.00 bits per heavy atom. The highest BCUT2D eigenvalue weighted by atomic mass is 79.9. The van der Waals surface area contributed by atoms with Crippen LogP contribution in [0.4, 0.5) is 5.69 Å². The number of nitrogens with zero attached hydrogens (tertiary/aromatic N) is 1. The van der Waals surface area contributed by atoms with E-state index in [4.69, 9.17) is 17.3 Å². The minimum absolute atomic E-state index is 0.246. The molecule has 112 valence electrons. The average Bonchev–Trinajstić information content (AvgIpc) is 2.48. The minimum atomic E-state index is 0.246. The maximum atomic E-state index is 6.08. The Balaban J connectivity index is 2.23. The van der Waals surface area contributed by atoms with E-state index in [0.717, 1.165) is 21.6 Å². The molecule has 0 saturated carbocycles. The summed E-state index contributed by atoms with van der Waals surface area (Å²) in [6.45, 7) is 2.83. The Morgan fingerprint density at radius 3 is 2.62 bits per heavy atom. The van der Waals surface area contributed by atoms with Crippen molar-refractivity contribution in [1.82, 2.24) is 0 Å². The number of benzene rings is 2. The molecule has 21 heavy (non-hydrogen) atoms. The van der Waals surface area contributed by atoms with Gasteiger partial charge in [-0.2, -0.15) is 0 Å². The first-order valence-corrected chi connectivity index (χ1v) is 8.17. The number of anilines is 1. The highest BCUT2D eigenvalue weighted by Crippen LogP contribution is 2.30. The number of nitrogens with two attached hydrogens (primary N) is 1. The third kappa shape index (κ3) is 4.00. The van der Waals surface area contributed by atoms with Gasteiger partial charge in [-0.1, -0.05) is 45.7 Å². The Morgan fingerprint density at radius 1 is 1.24 bits per heavy atom. The van der Waals surface area contributed by atoms with E-state index in [0.29, 0.717) is 6.54 Å². The molecule has 0 spiro atoms. The minimum Gasteiger partial charge on any atom is -0.368 e. The molecule has 1 atom stereocenters. The lowest BCUT2D eigenvalue weighted by Crippen LogP contribution is -2.21. The summed E-state index contributed by atoms with van der Waals surface area (Å²) in [5.74, 6) is 0. The third-order valence-electron chi connectivity index (χ3n) is 3.77. The van der Waals surface area contributed by atoms with Crippen LogP contribution in [0, 0.1) is 0 Å². The maximum Gasteiger partial charge on any atom is 0.0511 e. The zero-order chi connectivity index (χ0) is 15.4. The molecule has 2 aromatic carbocycles. The molecule has 0 saturated heterocycles. The summed E-state index contributed by atoms with van der Waals surface area (Å²) >= 11 is 9.71. The van der Waals surface area contributed by atoms with Crippen LogP contribution in [0.2, 0.25) is 5.02 Å². The monoisotopic (exact) mass is 366 g/mol. The van der Waals surface area contributed by atoms with Crippen molar-refractivity contribution in [2.24, 2.45) is 5.73 Å². The van der Waals surface area contributed by atoms with E-state index in [1.807, 2.05) is 18.2 Å². The molecule has 0 aromatic heterocycles. The molecule has 0 amide bonds. The fourth-order valence-electron chi connectivity index (χ4n) is 2.33. The molecule has 2 rings (SSSR count). The summed E-state index contributed by atoms with van der Waals surface area (Å²) in [6, 6.07) is 14.7. The van der Waals surface area contributed by atoms with Gasteiger partial charge >= 0.3 is 0 Å². The number of hydrogen-bond donors (Lipinski definition) is 1. The standard InChI is InChI=1S/C17H20BrClN2/c1-12(14-4-3-5-15(19)10-14)21(2)16-7-6-13(8-9-20)17(18)11-16/h3-7,10-12H,8-9,20H2,1-2H3. The van der Waals surface area contributed by atoms with Gasteiger partial charge in [0.15, 0.2) is 0 Å². The first kappa shape index (κ1) is 16.3. The van der Waals surface area contributed by atoms with Crippen LogP contribution in [0.5, 0.6) is 0 Å². The second-order valence-corrected chi connectivity index (χ2v) is 6.45. The van der Waals surface area contributed by atoms with Gasteiger partial charge in [-0.15, -0.1) is 0 Å². The largest absolute Gasteiger partial charge is 0.368 e. The summed E-state index contributed by atoms with van der Waals surface area (Å²) in [6.07, 6.45) is 0.883. The van der Waals surface area contributed by atoms with Crippen LogP contribution in [0.3, 0.4) is 0 Å². The van der Waals surface area contributed by atoms with E-state index in [2.05, 4.69) is 59.1 Å². The fraction of sp³-hybridized carbons (Fsp3) is 0.294. The molecular formula is C17H20BrClN2. The average molecular weight is 368 g/mol. The van der Waals surface area contributed by atoms with E-state index in [-0.39, 0.29) is 6.04 Å². The lowest BCUT2D eigenvalue weighted by molar-refractivity contribution is 0.739. The zero-order valence-electron chi connectivity index (χ0n) is 12.3. The van der Waals surface area contributed by atoms with Crippen LogP contribution in [0.15, 0.2) is 46.9 Å². The molecule has 2 aromatic rings. The maximum absolute atomic E-state index is 6.08. The lowest BCUT2D eigenvalue weighted by atomic mass is 10.1. The molecule has 0 fully saturated rings. The van der Waals surface area contributed by atoms with Gasteiger partial charge in [-0.25, -0.2) is 0 Å². The normalized spacial score (nSPS) is 12.2. The van der Waals surface area contributed by atoms with Crippen molar-refractivity contribution in [3.8, 4) is 0 Å². The van der Waals surface area contributed by atoms with Crippen LogP contribution < -0.4 is 10.6 Å². The second-order valence-electron chi connectivity index (χ2n) is 5.16. The third-order valence-corrected chi connectivity index (χ3v) is 4.74. The van der Waals surface area contributed by atoms with E-state index >= 15 is 0 Å². The van der Waals surface area contributed by atoms with Gasteiger partial charge in [0.05, 0.1) is 6.04 Å². The van der Waals surface area contributed by atoms with Crippen molar-refractivity contribution in [3.63, 3.8) is 0 Å². The summed E-state index contributed by atoms with van der Waals surface area (Å²) in [4.78, 5) is 2.24. The molecular weight excluding hydrogens is 348 g/mol. The van der Waals surface area contributed by atoms with Gasteiger partial charge in [-0.05, 0) is 55.3 Å². The highest BCUT2D eigenvalue weighted by molar-refractivity contribution is 9.10. The topological polar surface area (TPSA) is 29.3 Å². The number of rotatable bonds is 5. The lowest BCUT2D eigenvalue weighted by Gasteiger charge is -2.28. The SMILES string of the molecule is CC(c1cccc(Cl)c1)N(C)c1ccc(CCN)c(Br)c1. The van der Waals surface area contributed by atoms with Crippen molar-refractivity contribution in [1.29, 1.82) is 0 Å². The van der Waals surface area contributed by atoms with E-state index < -0.39 is 0 Å².